The topological polar surface area (TPSA) is 297 Å². The molecule has 0 aliphatic heterocycles. The van der Waals surface area contributed by atoms with Crippen molar-refractivity contribution in [1.82, 2.24) is 0 Å². The molecule has 0 N–H and O–H groups in total. The molecule has 0 heterocycles. The van der Waals surface area contributed by atoms with Gasteiger partial charge in [0, 0.05) is 0 Å². The Morgan fingerprint density at radius 3 is 0.486 bits per heavy atom. The summed E-state index contributed by atoms with van der Waals surface area (Å²) in [7, 11) is 0. The fraction of sp³-hybridized carbons (Fsp3) is 0.400. The van der Waals surface area contributed by atoms with Gasteiger partial charge in [0.25, 0.3) is 0 Å². The molecule has 17 heteroatoms. The predicted octanol–water partition coefficient (Wildman–Crippen LogP) is -7.24. The number of carboxylic acids is 4. The molecule has 0 saturated heterocycles. The summed E-state index contributed by atoms with van der Waals surface area (Å²) in [6, 6.07) is 0. The second-order valence-corrected chi connectivity index (χ2v) is 6.36. The summed E-state index contributed by atoms with van der Waals surface area (Å²) in [6.07, 6.45) is -2.27. The van der Waals surface area contributed by atoms with E-state index in [0.29, 0.717) is 0 Å². The third-order valence-corrected chi connectivity index (χ3v) is 2.55. The molecule has 0 unspecified atom stereocenters. The molecule has 0 aliphatic rings. The van der Waals surface area contributed by atoms with Crippen molar-refractivity contribution >= 4 is 94.1 Å². The van der Waals surface area contributed by atoms with E-state index < -0.39 is 95.8 Å². The van der Waals surface area contributed by atoms with Crippen LogP contribution in [0.3, 0.4) is 0 Å². The zero-order chi connectivity index (χ0) is 29.8. The standard InChI is InChI=1S/4C5H6O4.Sn/c4*1-3(6)2-4(7)5(8)9;/h4*2H2,1H3,(H,8,9);/q;;;;+4/p-4. The Kier molecular flexibility index (Phi) is 27.7. The van der Waals surface area contributed by atoms with Crippen molar-refractivity contribution < 1.29 is 78.0 Å². The van der Waals surface area contributed by atoms with Crippen molar-refractivity contribution in [2.45, 2.75) is 53.4 Å². The minimum Gasteiger partial charge on any atom is -0.542 e. The van der Waals surface area contributed by atoms with Crippen LogP contribution >= 0.6 is 0 Å². The van der Waals surface area contributed by atoms with Crippen LogP contribution in [-0.2, 0) is 57.5 Å². The first-order valence-corrected chi connectivity index (χ1v) is 9.09. The Balaban J connectivity index is -0.000000122. The fourth-order valence-electron chi connectivity index (χ4n) is 1.19. The molecule has 0 aromatic carbocycles. The molecular weight excluding hydrogens is 615 g/mol. The number of ketones is 8. The molecule has 16 nitrogen and oxygen atoms in total. The second-order valence-electron chi connectivity index (χ2n) is 6.36. The number of hydrogen-bond acceptors (Lipinski definition) is 16. The van der Waals surface area contributed by atoms with Gasteiger partial charge >= 0.3 is 23.9 Å². The summed E-state index contributed by atoms with van der Waals surface area (Å²) in [5.41, 5.74) is 0. The first kappa shape index (κ1) is 43.1. The van der Waals surface area contributed by atoms with Crippen LogP contribution in [0.1, 0.15) is 53.4 Å². The number of carboxylic acid groups (broad SMARTS) is 4. The van der Waals surface area contributed by atoms with E-state index in [4.69, 9.17) is 0 Å². The van der Waals surface area contributed by atoms with Gasteiger partial charge in [-0.3, -0.25) is 38.4 Å². The number of hydrogen-bond donors (Lipinski definition) is 0. The molecule has 200 valence electrons. The Morgan fingerprint density at radius 2 is 0.459 bits per heavy atom. The normalized spacial score (nSPS) is 8.32. The summed E-state index contributed by atoms with van der Waals surface area (Å²) in [5, 5.41) is 38.5. The second kappa shape index (κ2) is 23.8. The van der Waals surface area contributed by atoms with Gasteiger partial charge in [-0.2, -0.15) is 0 Å². The van der Waals surface area contributed by atoms with Gasteiger partial charge in [-0.15, -0.1) is 0 Å². The third kappa shape index (κ3) is 36.8. The van der Waals surface area contributed by atoms with E-state index in [1.807, 2.05) is 0 Å². The summed E-state index contributed by atoms with van der Waals surface area (Å²) in [4.78, 5) is 119. The van der Waals surface area contributed by atoms with Crippen LogP contribution in [0.25, 0.3) is 0 Å². The molecule has 37 heavy (non-hydrogen) atoms. The van der Waals surface area contributed by atoms with Crippen molar-refractivity contribution in [2.24, 2.45) is 0 Å². The van der Waals surface area contributed by atoms with Crippen molar-refractivity contribution in [2.75, 3.05) is 0 Å². The van der Waals surface area contributed by atoms with Crippen LogP contribution in [0.15, 0.2) is 0 Å². The minimum atomic E-state index is -1.80. The zero-order valence-corrected chi connectivity index (χ0v) is 22.7. The minimum absolute atomic E-state index is 0. The summed E-state index contributed by atoms with van der Waals surface area (Å²) in [6.45, 7) is 4.56. The average molecular weight is 635 g/mol. The Labute approximate surface area is 225 Å². The predicted molar refractivity (Wildman–Crippen MR) is 107 cm³/mol. The molecular formula is C20H20O16Sn. The van der Waals surface area contributed by atoms with Crippen molar-refractivity contribution in [1.29, 1.82) is 0 Å². The molecule has 0 saturated carbocycles. The summed E-state index contributed by atoms with van der Waals surface area (Å²) < 4.78 is 0. The number of rotatable bonds is 12. The molecule has 0 amide bonds. The first-order chi connectivity index (χ1) is 16.1. The summed E-state index contributed by atoms with van der Waals surface area (Å²) in [5.74, 6) is -13.7. The quantitative estimate of drug-likeness (QED) is 0.109. The van der Waals surface area contributed by atoms with Crippen LogP contribution in [0.5, 0.6) is 0 Å². The van der Waals surface area contributed by atoms with E-state index in [-0.39, 0.29) is 23.9 Å². The molecule has 0 atom stereocenters. The number of Topliss-reactive ketones (excluding diaryl/α,β-unsaturated/α-hetero) is 8. The van der Waals surface area contributed by atoms with Crippen LogP contribution < -0.4 is 20.4 Å². The largest absolute Gasteiger partial charge is 4.00 e. The van der Waals surface area contributed by atoms with Gasteiger partial charge in [-0.1, -0.05) is 0 Å². The molecule has 0 rings (SSSR count). The van der Waals surface area contributed by atoms with E-state index in [2.05, 4.69) is 0 Å². The van der Waals surface area contributed by atoms with E-state index in [1.54, 1.807) is 0 Å². The van der Waals surface area contributed by atoms with Crippen LogP contribution in [0.4, 0.5) is 0 Å². The van der Waals surface area contributed by atoms with Gasteiger partial charge < -0.3 is 39.6 Å². The molecule has 0 aliphatic carbocycles. The van der Waals surface area contributed by atoms with Crippen LogP contribution in [0.2, 0.25) is 0 Å². The van der Waals surface area contributed by atoms with E-state index in [0.717, 1.165) is 27.7 Å². The molecule has 0 aromatic rings. The number of carbonyl (C=O) groups is 12. The number of carbonyl (C=O) groups excluding carboxylic acids is 12. The molecule has 0 aromatic heterocycles. The maximum Gasteiger partial charge on any atom is 4.00 e. The van der Waals surface area contributed by atoms with Crippen LogP contribution in [-0.4, -0.2) is 94.1 Å². The van der Waals surface area contributed by atoms with Gasteiger partial charge in [0.2, 0.25) is 0 Å². The molecule has 0 radical (unpaired) electrons. The maximum absolute atomic E-state index is 10.1. The monoisotopic (exact) mass is 636 g/mol. The van der Waals surface area contributed by atoms with Gasteiger partial charge in [-0.05, 0) is 27.7 Å². The number of aliphatic carboxylic acids is 4. The smallest absolute Gasteiger partial charge is 0.542 e. The van der Waals surface area contributed by atoms with E-state index in [1.165, 1.54) is 0 Å². The van der Waals surface area contributed by atoms with Gasteiger partial charge in [0.1, 0.15) is 47.0 Å². The molecule has 0 bridgehead atoms. The maximum atomic E-state index is 10.1. The summed E-state index contributed by atoms with van der Waals surface area (Å²) >= 11 is 0. The zero-order valence-electron chi connectivity index (χ0n) is 19.9. The molecule has 0 spiro atoms. The SMILES string of the molecule is CC(=O)CC(=O)C(=O)[O-].CC(=O)CC(=O)C(=O)[O-].CC(=O)CC(=O)C(=O)[O-].CC(=O)CC(=O)C(=O)[O-].[Sn+4]. The van der Waals surface area contributed by atoms with Gasteiger partial charge in [-0.25, -0.2) is 0 Å². The van der Waals surface area contributed by atoms with Crippen molar-refractivity contribution in [3.63, 3.8) is 0 Å². The van der Waals surface area contributed by atoms with Crippen molar-refractivity contribution in [3.05, 3.63) is 0 Å². The van der Waals surface area contributed by atoms with E-state index >= 15 is 0 Å². The Hall–Kier alpha value is -3.96. The molecule has 0 fully saturated rings. The van der Waals surface area contributed by atoms with Crippen LogP contribution in [0, 0.1) is 0 Å². The van der Waals surface area contributed by atoms with Gasteiger partial charge in [0.05, 0.1) is 25.7 Å². The average Bonchev–Trinajstić information content (AvgIpc) is 2.67. The Morgan fingerprint density at radius 1 is 0.351 bits per heavy atom. The third-order valence-electron chi connectivity index (χ3n) is 2.55. The Bertz CT molecular complexity index is 792. The van der Waals surface area contributed by atoms with Crippen molar-refractivity contribution in [3.8, 4) is 0 Å². The van der Waals surface area contributed by atoms with Gasteiger partial charge in [0.15, 0.2) is 23.1 Å². The fourth-order valence-corrected chi connectivity index (χ4v) is 1.19. The first-order valence-electron chi connectivity index (χ1n) is 9.09. The van der Waals surface area contributed by atoms with E-state index in [9.17, 15) is 78.0 Å².